The van der Waals surface area contributed by atoms with Gasteiger partial charge in [0.05, 0.1) is 5.69 Å². The Labute approximate surface area is 126 Å². The van der Waals surface area contributed by atoms with Crippen LogP contribution in [0.3, 0.4) is 0 Å². The van der Waals surface area contributed by atoms with Crippen molar-refractivity contribution in [1.29, 1.82) is 0 Å². The van der Waals surface area contributed by atoms with Gasteiger partial charge in [-0.15, -0.1) is 0 Å². The maximum Gasteiger partial charge on any atom is 0.272 e. The molecule has 1 N–H and O–H groups in total. The van der Waals surface area contributed by atoms with E-state index in [1.54, 1.807) is 0 Å². The molecule has 0 spiro atoms. The molecule has 3 rings (SSSR count). The molecule has 21 heavy (non-hydrogen) atoms. The Kier molecular flexibility index (Phi) is 4.26. The number of carbonyl (C=O) groups is 1. The minimum absolute atomic E-state index is 0.135. The summed E-state index contributed by atoms with van der Waals surface area (Å²) in [5.41, 5.74) is 1.74. The van der Waals surface area contributed by atoms with E-state index in [0.29, 0.717) is 6.04 Å². The third-order valence-corrected chi connectivity index (χ3v) is 4.53. The van der Waals surface area contributed by atoms with Crippen LogP contribution in [0.1, 0.15) is 30.0 Å². The van der Waals surface area contributed by atoms with E-state index in [1.165, 1.54) is 0 Å². The number of amides is 1. The first kappa shape index (κ1) is 14.5. The smallest absolute Gasteiger partial charge is 0.272 e. The molecule has 116 valence electrons. The lowest BCUT2D eigenvalue weighted by Crippen LogP contribution is -2.64. The summed E-state index contributed by atoms with van der Waals surface area (Å²) in [4.78, 5) is 17.0. The van der Waals surface area contributed by atoms with Gasteiger partial charge < -0.3 is 10.2 Å². The summed E-state index contributed by atoms with van der Waals surface area (Å²) < 4.78 is 1.83. The van der Waals surface area contributed by atoms with Gasteiger partial charge in [0, 0.05) is 51.9 Å². The van der Waals surface area contributed by atoms with Crippen LogP contribution in [0.2, 0.25) is 0 Å². The van der Waals surface area contributed by atoms with Crippen LogP contribution in [-0.4, -0.2) is 70.8 Å². The first-order valence-corrected chi connectivity index (χ1v) is 8.03. The number of hydrogen-bond acceptors (Lipinski definition) is 4. The SMILES string of the molecule is CCc1cc(C(=O)N2CC(N3CCNCC3)C2)n(CC)n1. The van der Waals surface area contributed by atoms with Crippen molar-refractivity contribution < 1.29 is 4.79 Å². The maximum absolute atomic E-state index is 12.6. The lowest BCUT2D eigenvalue weighted by molar-refractivity contribution is 0.0218. The number of aryl methyl sites for hydroxylation is 2. The Hall–Kier alpha value is -1.40. The second-order valence-electron chi connectivity index (χ2n) is 5.84. The van der Waals surface area contributed by atoms with Gasteiger partial charge in [-0.1, -0.05) is 6.92 Å². The highest BCUT2D eigenvalue weighted by atomic mass is 16.2. The molecule has 2 fully saturated rings. The average Bonchev–Trinajstić information content (AvgIpc) is 2.90. The number of piperazine rings is 1. The third kappa shape index (κ3) is 2.82. The molecule has 2 saturated heterocycles. The largest absolute Gasteiger partial charge is 0.334 e. The third-order valence-electron chi connectivity index (χ3n) is 4.53. The monoisotopic (exact) mass is 291 g/mol. The highest BCUT2D eigenvalue weighted by Crippen LogP contribution is 2.19. The second-order valence-corrected chi connectivity index (χ2v) is 5.84. The molecular formula is C15H25N5O. The van der Waals surface area contributed by atoms with Crippen LogP contribution in [0, 0.1) is 0 Å². The summed E-state index contributed by atoms with van der Waals surface area (Å²) in [6.07, 6.45) is 0.872. The van der Waals surface area contributed by atoms with Gasteiger partial charge in [0.1, 0.15) is 5.69 Å². The topological polar surface area (TPSA) is 53.4 Å². The number of rotatable bonds is 4. The highest BCUT2D eigenvalue weighted by Gasteiger charge is 2.36. The van der Waals surface area contributed by atoms with E-state index in [9.17, 15) is 4.79 Å². The zero-order chi connectivity index (χ0) is 14.8. The van der Waals surface area contributed by atoms with Crippen LogP contribution in [0.4, 0.5) is 0 Å². The van der Waals surface area contributed by atoms with Crippen LogP contribution in [0.25, 0.3) is 0 Å². The van der Waals surface area contributed by atoms with Crippen molar-refractivity contribution >= 4 is 5.91 Å². The van der Waals surface area contributed by atoms with E-state index < -0.39 is 0 Å². The lowest BCUT2D eigenvalue weighted by Gasteiger charge is -2.46. The number of hydrogen-bond donors (Lipinski definition) is 1. The fourth-order valence-corrected chi connectivity index (χ4v) is 3.12. The van der Waals surface area contributed by atoms with Crippen LogP contribution in [0.15, 0.2) is 6.07 Å². The van der Waals surface area contributed by atoms with Crippen LogP contribution >= 0.6 is 0 Å². The normalized spacial score (nSPS) is 20.6. The molecule has 1 aromatic rings. The predicted octanol–water partition coefficient (Wildman–Crippen LogP) is 0.195. The molecule has 6 heteroatoms. The predicted molar refractivity (Wildman–Crippen MR) is 81.4 cm³/mol. The fourth-order valence-electron chi connectivity index (χ4n) is 3.12. The molecule has 0 radical (unpaired) electrons. The molecular weight excluding hydrogens is 266 g/mol. The first-order chi connectivity index (χ1) is 10.2. The Morgan fingerprint density at radius 1 is 1.33 bits per heavy atom. The summed E-state index contributed by atoms with van der Waals surface area (Å²) in [5, 5.41) is 7.84. The molecule has 0 saturated carbocycles. The van der Waals surface area contributed by atoms with Crippen molar-refractivity contribution in [3.63, 3.8) is 0 Å². The van der Waals surface area contributed by atoms with Crippen molar-refractivity contribution in [3.05, 3.63) is 17.5 Å². The maximum atomic E-state index is 12.6. The Morgan fingerprint density at radius 3 is 2.67 bits per heavy atom. The summed E-state index contributed by atoms with van der Waals surface area (Å²) in [7, 11) is 0. The standard InChI is InChI=1S/C15H25N5O/c1-3-12-9-14(20(4-2)17-12)15(21)19-10-13(11-19)18-7-5-16-6-8-18/h9,13,16H,3-8,10-11H2,1-2H3. The van der Waals surface area contributed by atoms with Crippen LogP contribution in [-0.2, 0) is 13.0 Å². The van der Waals surface area contributed by atoms with Crippen LogP contribution < -0.4 is 5.32 Å². The van der Waals surface area contributed by atoms with Crippen molar-refractivity contribution in [2.24, 2.45) is 0 Å². The Bertz CT molecular complexity index is 500. The lowest BCUT2D eigenvalue weighted by atomic mass is 10.1. The number of carbonyl (C=O) groups excluding carboxylic acids is 1. The van der Waals surface area contributed by atoms with Crippen molar-refractivity contribution in [1.82, 2.24) is 24.9 Å². The van der Waals surface area contributed by atoms with Crippen molar-refractivity contribution in [2.75, 3.05) is 39.3 Å². The quantitative estimate of drug-likeness (QED) is 0.861. The molecule has 0 unspecified atom stereocenters. The van der Waals surface area contributed by atoms with E-state index in [1.807, 2.05) is 22.6 Å². The number of nitrogens with one attached hydrogen (secondary N) is 1. The summed E-state index contributed by atoms with van der Waals surface area (Å²) in [6, 6.07) is 2.49. The van der Waals surface area contributed by atoms with Crippen molar-refractivity contribution in [3.8, 4) is 0 Å². The number of aromatic nitrogens is 2. The van der Waals surface area contributed by atoms with Crippen molar-refractivity contribution in [2.45, 2.75) is 32.9 Å². The number of nitrogens with zero attached hydrogens (tertiary/aromatic N) is 4. The summed E-state index contributed by atoms with van der Waals surface area (Å²) in [5.74, 6) is 0.135. The molecule has 1 amide bonds. The first-order valence-electron chi connectivity index (χ1n) is 8.03. The van der Waals surface area contributed by atoms with Gasteiger partial charge in [-0.05, 0) is 19.4 Å². The van der Waals surface area contributed by atoms with E-state index in [-0.39, 0.29) is 5.91 Å². The van der Waals surface area contributed by atoms with Gasteiger partial charge in [-0.3, -0.25) is 14.4 Å². The Balaban J connectivity index is 1.61. The highest BCUT2D eigenvalue weighted by molar-refractivity contribution is 5.93. The average molecular weight is 291 g/mol. The molecule has 0 aliphatic carbocycles. The summed E-state index contributed by atoms with van der Waals surface area (Å²) >= 11 is 0. The van der Waals surface area contributed by atoms with E-state index in [4.69, 9.17) is 0 Å². The van der Waals surface area contributed by atoms with E-state index in [0.717, 1.165) is 63.6 Å². The second kappa shape index (κ2) is 6.15. The molecule has 0 atom stereocenters. The minimum Gasteiger partial charge on any atom is -0.334 e. The molecule has 3 heterocycles. The minimum atomic E-state index is 0.135. The molecule has 0 bridgehead atoms. The Morgan fingerprint density at radius 2 is 2.05 bits per heavy atom. The van der Waals surface area contributed by atoms with Gasteiger partial charge in [0.15, 0.2) is 0 Å². The van der Waals surface area contributed by atoms with E-state index in [2.05, 4.69) is 22.2 Å². The molecule has 6 nitrogen and oxygen atoms in total. The van der Waals surface area contributed by atoms with E-state index >= 15 is 0 Å². The zero-order valence-electron chi connectivity index (χ0n) is 13.0. The zero-order valence-corrected chi connectivity index (χ0v) is 13.0. The number of likely N-dealkylation sites (tertiary alicyclic amines) is 1. The molecule has 0 aromatic carbocycles. The van der Waals surface area contributed by atoms with Gasteiger partial charge in [-0.25, -0.2) is 0 Å². The van der Waals surface area contributed by atoms with Gasteiger partial charge in [-0.2, -0.15) is 5.10 Å². The molecule has 1 aromatic heterocycles. The van der Waals surface area contributed by atoms with Gasteiger partial charge >= 0.3 is 0 Å². The van der Waals surface area contributed by atoms with Gasteiger partial charge in [0.25, 0.3) is 5.91 Å². The molecule has 2 aliphatic rings. The fraction of sp³-hybridized carbons (Fsp3) is 0.733. The van der Waals surface area contributed by atoms with Gasteiger partial charge in [0.2, 0.25) is 0 Å². The van der Waals surface area contributed by atoms with Crippen LogP contribution in [0.5, 0.6) is 0 Å². The summed E-state index contributed by atoms with van der Waals surface area (Å²) in [6.45, 7) is 10.9. The molecule has 2 aliphatic heterocycles.